The summed E-state index contributed by atoms with van der Waals surface area (Å²) < 4.78 is 29.5. The van der Waals surface area contributed by atoms with Gasteiger partial charge in [0, 0.05) is 11.9 Å². The van der Waals surface area contributed by atoms with E-state index in [0.717, 1.165) is 30.2 Å². The van der Waals surface area contributed by atoms with Crippen molar-refractivity contribution in [2.75, 3.05) is 6.54 Å². The van der Waals surface area contributed by atoms with Crippen molar-refractivity contribution in [3.63, 3.8) is 0 Å². The molecule has 4 rings (SSSR count). The molecule has 4 aromatic rings. The Labute approximate surface area is 207 Å². The number of benzene rings is 4. The fraction of sp³-hybridized carbons (Fsp3) is 0.207. The van der Waals surface area contributed by atoms with Crippen molar-refractivity contribution in [2.45, 2.75) is 36.6 Å². The van der Waals surface area contributed by atoms with Gasteiger partial charge in [-0.15, -0.1) is 0 Å². The fourth-order valence-corrected chi connectivity index (χ4v) is 5.58. The first kappa shape index (κ1) is 24.6. The van der Waals surface area contributed by atoms with Crippen molar-refractivity contribution in [1.29, 1.82) is 0 Å². The summed E-state index contributed by atoms with van der Waals surface area (Å²) in [5, 5.41) is 4.39. The predicted molar refractivity (Wildman–Crippen MR) is 141 cm³/mol. The minimum atomic E-state index is -3.93. The van der Waals surface area contributed by atoms with Crippen LogP contribution in [0.15, 0.2) is 108 Å². The number of aryl methyl sites for hydroxylation is 1. The second-order valence-corrected chi connectivity index (χ2v) is 10.3. The van der Waals surface area contributed by atoms with Gasteiger partial charge in [0.2, 0.25) is 15.9 Å². The molecule has 1 amide bonds. The number of unbranched alkanes of at least 4 members (excludes halogenated alkanes) is 1. The average molecular weight is 487 g/mol. The van der Waals surface area contributed by atoms with Crippen LogP contribution in [0, 0.1) is 0 Å². The number of amides is 1. The molecule has 0 unspecified atom stereocenters. The molecular weight excluding hydrogens is 456 g/mol. The average Bonchev–Trinajstić information content (AvgIpc) is 2.88. The number of carbonyl (C=O) groups excluding carboxylic acids is 1. The third-order valence-electron chi connectivity index (χ3n) is 5.97. The highest BCUT2D eigenvalue weighted by Gasteiger charge is 2.27. The molecule has 35 heavy (non-hydrogen) atoms. The quantitative estimate of drug-likeness (QED) is 0.297. The van der Waals surface area contributed by atoms with Crippen molar-refractivity contribution in [3.8, 4) is 0 Å². The van der Waals surface area contributed by atoms with E-state index in [1.807, 2.05) is 72.8 Å². The summed E-state index contributed by atoms with van der Waals surface area (Å²) in [5.41, 5.74) is 2.15. The molecule has 0 aliphatic heterocycles. The van der Waals surface area contributed by atoms with Gasteiger partial charge in [-0.2, -0.15) is 4.72 Å². The Balaban J connectivity index is 1.45. The number of hydrogen-bond acceptors (Lipinski definition) is 3. The first-order chi connectivity index (χ1) is 17.0. The molecule has 0 aromatic heterocycles. The molecule has 6 heteroatoms. The van der Waals surface area contributed by atoms with Crippen LogP contribution in [-0.4, -0.2) is 26.9 Å². The Bertz CT molecular complexity index is 1350. The van der Waals surface area contributed by atoms with Crippen molar-refractivity contribution in [1.82, 2.24) is 10.0 Å². The van der Waals surface area contributed by atoms with Crippen molar-refractivity contribution < 1.29 is 13.2 Å². The number of hydrogen-bond donors (Lipinski definition) is 2. The molecular formula is C29H30N2O3S. The molecule has 0 aliphatic carbocycles. The van der Waals surface area contributed by atoms with Gasteiger partial charge in [-0.1, -0.05) is 97.1 Å². The van der Waals surface area contributed by atoms with Gasteiger partial charge in [0.15, 0.2) is 0 Å². The highest BCUT2D eigenvalue weighted by Crippen LogP contribution is 2.23. The van der Waals surface area contributed by atoms with Gasteiger partial charge in [0.25, 0.3) is 0 Å². The van der Waals surface area contributed by atoms with E-state index in [2.05, 4.69) is 22.2 Å². The second-order valence-electron chi connectivity index (χ2n) is 8.57. The van der Waals surface area contributed by atoms with Gasteiger partial charge < -0.3 is 5.32 Å². The minimum absolute atomic E-state index is 0.171. The van der Waals surface area contributed by atoms with Crippen LogP contribution in [-0.2, 0) is 27.7 Å². The molecule has 5 nitrogen and oxygen atoms in total. The summed E-state index contributed by atoms with van der Waals surface area (Å²) >= 11 is 0. The molecule has 0 bridgehead atoms. The molecule has 2 N–H and O–H groups in total. The highest BCUT2D eigenvalue weighted by molar-refractivity contribution is 7.89. The maximum atomic E-state index is 13.4. The standard InChI is InChI=1S/C29H30N2O3S/c32-29(30-21-10-9-14-23-12-3-1-4-13-23)27(22-24-15-5-2-6-16-24)31-35(33,34)28-20-11-18-25-17-7-8-19-26(25)28/h1-8,11-13,15-20,27,31H,9-10,14,21-22H2,(H,30,32)/t27-/m0/s1. The molecule has 0 saturated carbocycles. The van der Waals surface area contributed by atoms with Gasteiger partial charge in [0.1, 0.15) is 6.04 Å². The summed E-state index contributed by atoms with van der Waals surface area (Å²) in [6.07, 6.45) is 2.96. The Morgan fingerprint density at radius 3 is 2.09 bits per heavy atom. The van der Waals surface area contributed by atoms with E-state index in [1.165, 1.54) is 5.56 Å². The molecule has 1 atom stereocenters. The lowest BCUT2D eigenvalue weighted by Gasteiger charge is -2.19. The van der Waals surface area contributed by atoms with Gasteiger partial charge in [-0.3, -0.25) is 4.79 Å². The molecule has 0 heterocycles. The van der Waals surface area contributed by atoms with Crippen LogP contribution >= 0.6 is 0 Å². The summed E-state index contributed by atoms with van der Waals surface area (Å²) in [4.78, 5) is 13.3. The van der Waals surface area contributed by atoms with Crippen LogP contribution in [0.3, 0.4) is 0 Å². The zero-order chi connectivity index (χ0) is 24.5. The largest absolute Gasteiger partial charge is 0.355 e. The number of fused-ring (bicyclic) bond motifs is 1. The maximum absolute atomic E-state index is 13.4. The Kier molecular flexibility index (Phi) is 8.29. The van der Waals surface area contributed by atoms with Crippen LogP contribution in [0.5, 0.6) is 0 Å². The number of nitrogens with one attached hydrogen (secondary N) is 2. The summed E-state index contributed by atoms with van der Waals surface area (Å²) in [7, 11) is -3.93. The Hall–Kier alpha value is -3.48. The zero-order valence-corrected chi connectivity index (χ0v) is 20.4. The van der Waals surface area contributed by atoms with Crippen LogP contribution in [0.25, 0.3) is 10.8 Å². The van der Waals surface area contributed by atoms with Crippen LogP contribution in [0.4, 0.5) is 0 Å². The van der Waals surface area contributed by atoms with Crippen molar-refractivity contribution in [2.24, 2.45) is 0 Å². The lowest BCUT2D eigenvalue weighted by Crippen LogP contribution is -2.48. The number of carbonyl (C=O) groups is 1. The third-order valence-corrected chi connectivity index (χ3v) is 7.50. The summed E-state index contributed by atoms with van der Waals surface area (Å²) in [5.74, 6) is -0.322. The van der Waals surface area contributed by atoms with E-state index < -0.39 is 16.1 Å². The topological polar surface area (TPSA) is 75.3 Å². The van der Waals surface area contributed by atoms with Gasteiger partial charge in [-0.25, -0.2) is 8.42 Å². The van der Waals surface area contributed by atoms with Crippen molar-refractivity contribution >= 4 is 26.7 Å². The normalized spacial score (nSPS) is 12.3. The van der Waals surface area contributed by atoms with E-state index in [-0.39, 0.29) is 17.2 Å². The van der Waals surface area contributed by atoms with E-state index in [4.69, 9.17) is 0 Å². The van der Waals surface area contributed by atoms with E-state index in [9.17, 15) is 13.2 Å². The predicted octanol–water partition coefficient (Wildman–Crippen LogP) is 4.87. The molecule has 0 spiro atoms. The van der Waals surface area contributed by atoms with Crippen LogP contribution in [0.1, 0.15) is 24.0 Å². The lowest BCUT2D eigenvalue weighted by molar-refractivity contribution is -0.122. The Morgan fingerprint density at radius 2 is 1.34 bits per heavy atom. The monoisotopic (exact) mass is 486 g/mol. The van der Waals surface area contributed by atoms with E-state index in [1.54, 1.807) is 18.2 Å². The number of sulfonamides is 1. The molecule has 0 aliphatic rings. The zero-order valence-electron chi connectivity index (χ0n) is 19.6. The van der Waals surface area contributed by atoms with E-state index in [0.29, 0.717) is 11.9 Å². The highest BCUT2D eigenvalue weighted by atomic mass is 32.2. The third kappa shape index (κ3) is 6.78. The first-order valence-electron chi connectivity index (χ1n) is 11.9. The maximum Gasteiger partial charge on any atom is 0.241 e. The molecule has 0 saturated heterocycles. The summed E-state index contributed by atoms with van der Waals surface area (Å²) in [6, 6.07) is 31.3. The minimum Gasteiger partial charge on any atom is -0.355 e. The van der Waals surface area contributed by atoms with Crippen molar-refractivity contribution in [3.05, 3.63) is 114 Å². The fourth-order valence-electron chi connectivity index (χ4n) is 4.15. The SMILES string of the molecule is O=C(NCCCCc1ccccc1)[C@H](Cc1ccccc1)NS(=O)(=O)c1cccc2ccccc12. The molecule has 4 aromatic carbocycles. The van der Waals surface area contributed by atoms with Gasteiger partial charge in [0.05, 0.1) is 4.90 Å². The van der Waals surface area contributed by atoms with E-state index >= 15 is 0 Å². The van der Waals surface area contributed by atoms with Crippen LogP contribution < -0.4 is 10.0 Å². The smallest absolute Gasteiger partial charge is 0.241 e. The molecule has 180 valence electrons. The second kappa shape index (κ2) is 11.8. The van der Waals surface area contributed by atoms with Gasteiger partial charge >= 0.3 is 0 Å². The first-order valence-corrected chi connectivity index (χ1v) is 13.4. The Morgan fingerprint density at radius 1 is 0.714 bits per heavy atom. The molecule has 0 radical (unpaired) electrons. The molecule has 0 fully saturated rings. The van der Waals surface area contributed by atoms with Gasteiger partial charge in [-0.05, 0) is 48.3 Å². The lowest BCUT2D eigenvalue weighted by atomic mass is 10.1. The number of rotatable bonds is 11. The van der Waals surface area contributed by atoms with Crippen LogP contribution in [0.2, 0.25) is 0 Å². The summed E-state index contributed by atoms with van der Waals surface area (Å²) in [6.45, 7) is 0.493.